The zero-order chi connectivity index (χ0) is 9.10. The molecule has 0 spiro atoms. The lowest BCUT2D eigenvalue weighted by atomic mass is 10.0. The molecule has 0 aliphatic carbocycles. The van der Waals surface area contributed by atoms with Gasteiger partial charge in [0.2, 0.25) is 0 Å². The van der Waals surface area contributed by atoms with Crippen LogP contribution in [0.2, 0.25) is 0 Å². The van der Waals surface area contributed by atoms with Crippen molar-refractivity contribution in [1.29, 1.82) is 0 Å². The van der Waals surface area contributed by atoms with Crippen LogP contribution in [0.3, 0.4) is 0 Å². The van der Waals surface area contributed by atoms with Crippen LogP contribution < -0.4 is 5.32 Å². The maximum Gasteiger partial charge on any atom is 0.195 e. The molecule has 1 aromatic rings. The van der Waals surface area contributed by atoms with Crippen molar-refractivity contribution in [3.05, 3.63) is 17.8 Å². The molecule has 0 saturated carbocycles. The van der Waals surface area contributed by atoms with Gasteiger partial charge in [0.15, 0.2) is 5.89 Å². The van der Waals surface area contributed by atoms with Crippen LogP contribution in [0.5, 0.6) is 0 Å². The van der Waals surface area contributed by atoms with Gasteiger partial charge in [0.05, 0.1) is 6.20 Å². The molecule has 1 aromatic heterocycles. The van der Waals surface area contributed by atoms with Crippen LogP contribution >= 0.6 is 0 Å². The molecule has 0 aromatic carbocycles. The molecule has 1 saturated heterocycles. The normalized spacial score (nSPS) is 23.3. The van der Waals surface area contributed by atoms with Gasteiger partial charge in [0.25, 0.3) is 0 Å². The predicted octanol–water partition coefficient (Wildman–Crippen LogP) is 1.67. The standard InChI is InChI=1S/C10H16N2O/c1-8-7-12-10(13-8)6-9-4-2-3-5-11-9/h7,9,11H,2-6H2,1H3. The minimum Gasteiger partial charge on any atom is -0.446 e. The number of nitrogens with one attached hydrogen (secondary N) is 1. The largest absolute Gasteiger partial charge is 0.446 e. The molecule has 13 heavy (non-hydrogen) atoms. The average Bonchev–Trinajstić information content (AvgIpc) is 2.53. The Morgan fingerprint density at radius 1 is 1.62 bits per heavy atom. The molecule has 1 unspecified atom stereocenters. The maximum atomic E-state index is 5.44. The Morgan fingerprint density at radius 2 is 2.54 bits per heavy atom. The summed E-state index contributed by atoms with van der Waals surface area (Å²) in [6.45, 7) is 3.08. The lowest BCUT2D eigenvalue weighted by Gasteiger charge is -2.21. The fourth-order valence-electron chi connectivity index (χ4n) is 1.80. The highest BCUT2D eigenvalue weighted by molar-refractivity contribution is 4.93. The molecule has 1 atom stereocenters. The average molecular weight is 180 g/mol. The summed E-state index contributed by atoms with van der Waals surface area (Å²) in [5.74, 6) is 1.78. The summed E-state index contributed by atoms with van der Waals surface area (Å²) in [6, 6.07) is 0.576. The molecule has 3 nitrogen and oxygen atoms in total. The third-order valence-corrected chi connectivity index (χ3v) is 2.50. The van der Waals surface area contributed by atoms with Gasteiger partial charge in [-0.1, -0.05) is 6.42 Å². The second-order valence-corrected chi connectivity index (χ2v) is 3.72. The summed E-state index contributed by atoms with van der Waals surface area (Å²) in [5, 5.41) is 3.48. The van der Waals surface area contributed by atoms with Crippen molar-refractivity contribution in [1.82, 2.24) is 10.3 Å². The number of aryl methyl sites for hydroxylation is 1. The van der Waals surface area contributed by atoms with Crippen molar-refractivity contribution in [2.75, 3.05) is 6.54 Å². The van der Waals surface area contributed by atoms with Gasteiger partial charge in [-0.3, -0.25) is 0 Å². The van der Waals surface area contributed by atoms with E-state index < -0.39 is 0 Å². The van der Waals surface area contributed by atoms with E-state index in [2.05, 4.69) is 10.3 Å². The number of aromatic nitrogens is 1. The number of piperidine rings is 1. The van der Waals surface area contributed by atoms with Gasteiger partial charge in [-0.05, 0) is 26.3 Å². The Labute approximate surface area is 78.5 Å². The van der Waals surface area contributed by atoms with Crippen LogP contribution in [0.4, 0.5) is 0 Å². The third kappa shape index (κ3) is 2.31. The van der Waals surface area contributed by atoms with Crippen LogP contribution in [0, 0.1) is 6.92 Å². The molecular weight excluding hydrogens is 164 g/mol. The van der Waals surface area contributed by atoms with Crippen molar-refractivity contribution in [3.8, 4) is 0 Å². The number of oxazole rings is 1. The first-order chi connectivity index (χ1) is 6.34. The fourth-order valence-corrected chi connectivity index (χ4v) is 1.80. The molecule has 2 heterocycles. The Bertz CT molecular complexity index is 264. The Hall–Kier alpha value is -0.830. The topological polar surface area (TPSA) is 38.1 Å². The van der Waals surface area contributed by atoms with Crippen LogP contribution in [0.1, 0.15) is 30.9 Å². The monoisotopic (exact) mass is 180 g/mol. The van der Waals surface area contributed by atoms with Crippen LogP contribution in [0.25, 0.3) is 0 Å². The predicted molar refractivity (Wildman–Crippen MR) is 50.6 cm³/mol. The van der Waals surface area contributed by atoms with Gasteiger partial charge in [0, 0.05) is 12.5 Å². The summed E-state index contributed by atoms with van der Waals surface area (Å²) in [4.78, 5) is 4.20. The van der Waals surface area contributed by atoms with Crippen LogP contribution in [-0.2, 0) is 6.42 Å². The smallest absolute Gasteiger partial charge is 0.195 e. The highest BCUT2D eigenvalue weighted by atomic mass is 16.4. The summed E-state index contributed by atoms with van der Waals surface area (Å²) >= 11 is 0. The minimum atomic E-state index is 0.576. The van der Waals surface area contributed by atoms with E-state index in [9.17, 15) is 0 Å². The van der Waals surface area contributed by atoms with E-state index in [1.165, 1.54) is 19.3 Å². The number of hydrogen-bond donors (Lipinski definition) is 1. The Kier molecular flexibility index (Phi) is 2.64. The maximum absolute atomic E-state index is 5.44. The SMILES string of the molecule is Cc1cnc(CC2CCCCN2)o1. The van der Waals surface area contributed by atoms with Gasteiger partial charge in [0.1, 0.15) is 5.76 Å². The fraction of sp³-hybridized carbons (Fsp3) is 0.700. The molecule has 0 bridgehead atoms. The van der Waals surface area contributed by atoms with Gasteiger partial charge >= 0.3 is 0 Å². The van der Waals surface area contributed by atoms with Gasteiger partial charge < -0.3 is 9.73 Å². The van der Waals surface area contributed by atoms with E-state index in [-0.39, 0.29) is 0 Å². The molecule has 1 N–H and O–H groups in total. The molecule has 1 aliphatic heterocycles. The van der Waals surface area contributed by atoms with Crippen LogP contribution in [-0.4, -0.2) is 17.6 Å². The van der Waals surface area contributed by atoms with E-state index in [1.54, 1.807) is 6.20 Å². The van der Waals surface area contributed by atoms with Crippen molar-refractivity contribution < 1.29 is 4.42 Å². The summed E-state index contributed by atoms with van der Waals surface area (Å²) in [5.41, 5.74) is 0. The third-order valence-electron chi connectivity index (χ3n) is 2.50. The number of rotatable bonds is 2. The molecule has 1 aliphatic rings. The van der Waals surface area contributed by atoms with E-state index in [4.69, 9.17) is 4.42 Å². The number of nitrogens with zero attached hydrogens (tertiary/aromatic N) is 1. The van der Waals surface area contributed by atoms with Gasteiger partial charge in [-0.15, -0.1) is 0 Å². The first-order valence-corrected chi connectivity index (χ1v) is 4.99. The summed E-state index contributed by atoms with van der Waals surface area (Å²) in [6.07, 6.45) is 6.62. The molecule has 0 amide bonds. The highest BCUT2D eigenvalue weighted by Crippen LogP contribution is 2.12. The molecule has 2 rings (SSSR count). The molecule has 3 heteroatoms. The first kappa shape index (κ1) is 8.75. The van der Waals surface area contributed by atoms with Crippen molar-refractivity contribution in [2.24, 2.45) is 0 Å². The van der Waals surface area contributed by atoms with Crippen molar-refractivity contribution in [3.63, 3.8) is 0 Å². The molecule has 1 fully saturated rings. The second-order valence-electron chi connectivity index (χ2n) is 3.72. The quantitative estimate of drug-likeness (QED) is 0.752. The van der Waals surface area contributed by atoms with E-state index in [0.29, 0.717) is 6.04 Å². The zero-order valence-electron chi connectivity index (χ0n) is 8.05. The van der Waals surface area contributed by atoms with Crippen LogP contribution in [0.15, 0.2) is 10.6 Å². The van der Waals surface area contributed by atoms with Crippen molar-refractivity contribution in [2.45, 2.75) is 38.6 Å². The minimum absolute atomic E-state index is 0.576. The molecule has 72 valence electrons. The Morgan fingerprint density at radius 3 is 3.15 bits per heavy atom. The van der Waals surface area contributed by atoms with E-state index in [0.717, 1.165) is 24.6 Å². The van der Waals surface area contributed by atoms with E-state index in [1.807, 2.05) is 6.92 Å². The molecular formula is C10H16N2O. The van der Waals surface area contributed by atoms with Gasteiger partial charge in [-0.25, -0.2) is 4.98 Å². The summed E-state index contributed by atoms with van der Waals surface area (Å²) < 4.78 is 5.44. The van der Waals surface area contributed by atoms with Gasteiger partial charge in [-0.2, -0.15) is 0 Å². The molecule has 0 radical (unpaired) electrons. The second kappa shape index (κ2) is 3.92. The lowest BCUT2D eigenvalue weighted by molar-refractivity contribution is 0.363. The summed E-state index contributed by atoms with van der Waals surface area (Å²) in [7, 11) is 0. The Balaban J connectivity index is 1.89. The highest BCUT2D eigenvalue weighted by Gasteiger charge is 2.15. The van der Waals surface area contributed by atoms with E-state index >= 15 is 0 Å². The lowest BCUT2D eigenvalue weighted by Crippen LogP contribution is -2.35. The number of hydrogen-bond acceptors (Lipinski definition) is 3. The van der Waals surface area contributed by atoms with Crippen molar-refractivity contribution >= 4 is 0 Å². The first-order valence-electron chi connectivity index (χ1n) is 4.99. The zero-order valence-corrected chi connectivity index (χ0v) is 8.05.